The summed E-state index contributed by atoms with van der Waals surface area (Å²) < 4.78 is 0. The monoisotopic (exact) mass is 241 g/mol. The quantitative estimate of drug-likeness (QED) is 0.697. The van der Waals surface area contributed by atoms with E-state index in [2.05, 4.69) is 62.7 Å². The second-order valence-electron chi connectivity index (χ2n) is 4.67. The van der Waals surface area contributed by atoms with Gasteiger partial charge in [0.25, 0.3) is 0 Å². The lowest BCUT2D eigenvalue weighted by atomic mass is 10.1. The van der Waals surface area contributed by atoms with Crippen molar-refractivity contribution in [3.63, 3.8) is 0 Å². The summed E-state index contributed by atoms with van der Waals surface area (Å²) in [6.07, 6.45) is 6.30. The standard InChI is InChI=1S/C17H23N/c1-6-15(4)18(16(5)14(2)3)13-12-17-10-8-7-9-11-17/h6-14H,5H2,1-4H3. The van der Waals surface area contributed by atoms with Crippen LogP contribution in [0, 0.1) is 5.92 Å². The number of hydrogen-bond donors (Lipinski definition) is 0. The first-order valence-corrected chi connectivity index (χ1v) is 6.40. The van der Waals surface area contributed by atoms with Crippen LogP contribution < -0.4 is 0 Å². The molecule has 1 aromatic carbocycles. The van der Waals surface area contributed by atoms with Gasteiger partial charge in [0.15, 0.2) is 0 Å². The third-order valence-electron chi connectivity index (χ3n) is 2.99. The molecule has 0 aliphatic rings. The van der Waals surface area contributed by atoms with E-state index < -0.39 is 0 Å². The maximum Gasteiger partial charge on any atom is 0.0176 e. The molecule has 0 aliphatic heterocycles. The highest BCUT2D eigenvalue weighted by Gasteiger charge is 2.09. The van der Waals surface area contributed by atoms with Crippen molar-refractivity contribution in [1.82, 2.24) is 4.90 Å². The lowest BCUT2D eigenvalue weighted by molar-refractivity contribution is 0.499. The van der Waals surface area contributed by atoms with E-state index in [1.54, 1.807) is 0 Å². The van der Waals surface area contributed by atoms with E-state index in [9.17, 15) is 0 Å². The van der Waals surface area contributed by atoms with E-state index in [1.165, 1.54) is 11.3 Å². The van der Waals surface area contributed by atoms with Crippen molar-refractivity contribution >= 4 is 6.08 Å². The number of allylic oxidation sites excluding steroid dienone is 3. The Balaban J connectivity index is 2.93. The average molecular weight is 241 g/mol. The SMILES string of the molecule is C=C(C(C)C)N(C=Cc1ccccc1)C(C)=CC. The van der Waals surface area contributed by atoms with Crippen molar-refractivity contribution in [2.24, 2.45) is 5.92 Å². The molecule has 18 heavy (non-hydrogen) atoms. The van der Waals surface area contributed by atoms with Gasteiger partial charge in [-0.15, -0.1) is 0 Å². The van der Waals surface area contributed by atoms with Crippen LogP contribution >= 0.6 is 0 Å². The van der Waals surface area contributed by atoms with Crippen molar-refractivity contribution in [3.05, 3.63) is 66.1 Å². The Labute approximate surface area is 111 Å². The van der Waals surface area contributed by atoms with Crippen LogP contribution in [0.2, 0.25) is 0 Å². The Morgan fingerprint density at radius 1 is 1.22 bits per heavy atom. The Hall–Kier alpha value is -1.76. The first kappa shape index (κ1) is 14.3. The minimum Gasteiger partial charge on any atom is -0.326 e. The minimum absolute atomic E-state index is 0.431. The van der Waals surface area contributed by atoms with Crippen LogP contribution in [0.1, 0.15) is 33.3 Å². The van der Waals surface area contributed by atoms with Gasteiger partial charge in [-0.25, -0.2) is 0 Å². The minimum atomic E-state index is 0.431. The van der Waals surface area contributed by atoms with E-state index in [4.69, 9.17) is 0 Å². The topological polar surface area (TPSA) is 3.24 Å². The third-order valence-corrected chi connectivity index (χ3v) is 2.99. The van der Waals surface area contributed by atoms with Gasteiger partial charge < -0.3 is 4.90 Å². The molecule has 0 heterocycles. The fourth-order valence-electron chi connectivity index (χ4n) is 1.58. The highest BCUT2D eigenvalue weighted by molar-refractivity contribution is 5.49. The Morgan fingerprint density at radius 2 is 1.83 bits per heavy atom. The zero-order chi connectivity index (χ0) is 13.5. The van der Waals surface area contributed by atoms with Crippen molar-refractivity contribution < 1.29 is 0 Å². The van der Waals surface area contributed by atoms with E-state index in [1.807, 2.05) is 25.1 Å². The first-order valence-electron chi connectivity index (χ1n) is 6.40. The van der Waals surface area contributed by atoms with Gasteiger partial charge in [0.05, 0.1) is 0 Å². The maximum atomic E-state index is 4.17. The van der Waals surface area contributed by atoms with Gasteiger partial charge in [-0.2, -0.15) is 0 Å². The zero-order valence-corrected chi connectivity index (χ0v) is 11.9. The molecule has 0 amide bonds. The van der Waals surface area contributed by atoms with Crippen LogP contribution in [0.4, 0.5) is 0 Å². The van der Waals surface area contributed by atoms with Crippen LogP contribution in [-0.2, 0) is 0 Å². The Kier molecular flexibility index (Phi) is 5.44. The number of rotatable bonds is 5. The normalized spacial score (nSPS) is 12.2. The van der Waals surface area contributed by atoms with Crippen LogP contribution in [0.3, 0.4) is 0 Å². The van der Waals surface area contributed by atoms with Crippen molar-refractivity contribution in [1.29, 1.82) is 0 Å². The largest absolute Gasteiger partial charge is 0.326 e. The summed E-state index contributed by atoms with van der Waals surface area (Å²) in [5, 5.41) is 0. The first-order chi connectivity index (χ1) is 8.56. The highest BCUT2D eigenvalue weighted by atomic mass is 15.1. The molecule has 0 radical (unpaired) electrons. The van der Waals surface area contributed by atoms with Crippen LogP contribution in [0.15, 0.2) is 60.6 Å². The second kappa shape index (κ2) is 6.85. The van der Waals surface area contributed by atoms with Crippen LogP contribution in [0.25, 0.3) is 6.08 Å². The third kappa shape index (κ3) is 3.92. The number of hydrogen-bond acceptors (Lipinski definition) is 1. The van der Waals surface area contributed by atoms with Crippen molar-refractivity contribution in [2.45, 2.75) is 27.7 Å². The summed E-state index contributed by atoms with van der Waals surface area (Å²) in [7, 11) is 0. The van der Waals surface area contributed by atoms with Gasteiger partial charge in [0.1, 0.15) is 0 Å². The lowest BCUT2D eigenvalue weighted by Crippen LogP contribution is -2.17. The van der Waals surface area contributed by atoms with Crippen LogP contribution in [0.5, 0.6) is 0 Å². The highest BCUT2D eigenvalue weighted by Crippen LogP contribution is 2.20. The van der Waals surface area contributed by atoms with Gasteiger partial charge in [0, 0.05) is 17.6 Å². The van der Waals surface area contributed by atoms with E-state index in [0.717, 1.165) is 5.70 Å². The van der Waals surface area contributed by atoms with Gasteiger partial charge >= 0.3 is 0 Å². The predicted octanol–water partition coefficient (Wildman–Crippen LogP) is 5.05. The van der Waals surface area contributed by atoms with E-state index >= 15 is 0 Å². The fourth-order valence-corrected chi connectivity index (χ4v) is 1.58. The maximum absolute atomic E-state index is 4.17. The molecule has 0 fully saturated rings. The van der Waals surface area contributed by atoms with Crippen molar-refractivity contribution in [2.75, 3.05) is 0 Å². The average Bonchev–Trinajstić information content (AvgIpc) is 2.39. The van der Waals surface area contributed by atoms with Gasteiger partial charge in [-0.3, -0.25) is 0 Å². The fraction of sp³-hybridized carbons (Fsp3) is 0.294. The number of nitrogens with zero attached hydrogens (tertiary/aromatic N) is 1. The molecular weight excluding hydrogens is 218 g/mol. The van der Waals surface area contributed by atoms with Gasteiger partial charge in [-0.1, -0.05) is 56.8 Å². The zero-order valence-electron chi connectivity index (χ0n) is 11.9. The Bertz CT molecular complexity index is 438. The summed E-state index contributed by atoms with van der Waals surface area (Å²) in [6, 6.07) is 10.3. The van der Waals surface area contributed by atoms with Gasteiger partial charge in [0.2, 0.25) is 0 Å². The lowest BCUT2D eigenvalue weighted by Gasteiger charge is -2.26. The summed E-state index contributed by atoms with van der Waals surface area (Å²) in [6.45, 7) is 12.6. The van der Waals surface area contributed by atoms with E-state index in [-0.39, 0.29) is 0 Å². The number of benzene rings is 1. The summed E-state index contributed by atoms with van der Waals surface area (Å²) in [5.41, 5.74) is 3.50. The smallest absolute Gasteiger partial charge is 0.0176 e. The molecule has 0 atom stereocenters. The molecule has 0 aromatic heterocycles. The Morgan fingerprint density at radius 3 is 2.33 bits per heavy atom. The molecule has 1 aromatic rings. The summed E-state index contributed by atoms with van der Waals surface area (Å²) >= 11 is 0. The molecule has 0 N–H and O–H groups in total. The van der Waals surface area contributed by atoms with E-state index in [0.29, 0.717) is 5.92 Å². The molecule has 1 heteroatoms. The van der Waals surface area contributed by atoms with Gasteiger partial charge in [-0.05, 0) is 31.4 Å². The molecule has 0 bridgehead atoms. The molecule has 0 unspecified atom stereocenters. The summed E-state index contributed by atoms with van der Waals surface area (Å²) in [4.78, 5) is 2.15. The molecule has 0 spiro atoms. The molecule has 0 aliphatic carbocycles. The molecule has 0 saturated heterocycles. The molecule has 96 valence electrons. The second-order valence-corrected chi connectivity index (χ2v) is 4.67. The van der Waals surface area contributed by atoms with Crippen LogP contribution in [-0.4, -0.2) is 4.90 Å². The molecule has 1 rings (SSSR count). The molecule has 1 nitrogen and oxygen atoms in total. The summed E-state index contributed by atoms with van der Waals surface area (Å²) in [5.74, 6) is 0.431. The predicted molar refractivity (Wildman–Crippen MR) is 80.7 cm³/mol. The molecule has 0 saturated carbocycles. The van der Waals surface area contributed by atoms with Crippen molar-refractivity contribution in [3.8, 4) is 0 Å². The molecular formula is C17H23N.